The number of aromatic nitrogens is 5. The van der Waals surface area contributed by atoms with Gasteiger partial charge in [-0.3, -0.25) is 39.0 Å². The molecule has 1 unspecified atom stereocenters. The van der Waals surface area contributed by atoms with Crippen molar-refractivity contribution in [3.63, 3.8) is 0 Å². The molecule has 3 fully saturated rings. The van der Waals surface area contributed by atoms with E-state index < -0.39 is 29.7 Å². The quantitative estimate of drug-likeness (QED) is 0.185. The second kappa shape index (κ2) is 17.6. The molecule has 3 aromatic heterocycles. The molecule has 0 bridgehead atoms. The average molecular weight is 919 g/mol. The van der Waals surface area contributed by atoms with Gasteiger partial charge in [-0.2, -0.15) is 5.10 Å². The lowest BCUT2D eigenvalue weighted by Gasteiger charge is -2.38. The van der Waals surface area contributed by atoms with Gasteiger partial charge in [-0.25, -0.2) is 19.2 Å². The minimum Gasteiger partial charge on any atom is -0.368 e. The zero-order valence-corrected chi connectivity index (χ0v) is 37.7. The fourth-order valence-corrected chi connectivity index (χ4v) is 10.6. The predicted molar refractivity (Wildman–Crippen MR) is 251 cm³/mol. The van der Waals surface area contributed by atoms with Gasteiger partial charge in [-0.15, -0.1) is 0 Å². The van der Waals surface area contributed by atoms with Crippen LogP contribution in [0.4, 0.5) is 26.5 Å². The summed E-state index contributed by atoms with van der Waals surface area (Å²) >= 11 is 0. The Morgan fingerprint density at radius 2 is 1.68 bits per heavy atom. The topological polar surface area (TPSA) is 174 Å². The number of hydrogen-bond donors (Lipinski definition) is 2. The van der Waals surface area contributed by atoms with Crippen molar-refractivity contribution in [2.45, 2.75) is 57.2 Å². The minimum absolute atomic E-state index is 0.0687. The van der Waals surface area contributed by atoms with Crippen LogP contribution in [0, 0.1) is 5.82 Å². The first kappa shape index (κ1) is 43.1. The monoisotopic (exact) mass is 918 g/mol. The van der Waals surface area contributed by atoms with E-state index in [4.69, 9.17) is 0 Å². The predicted octanol–water partition coefficient (Wildman–Crippen LogP) is 5.23. The fraction of sp³-hybridized carbons (Fsp3) is 0.360. The normalized spacial score (nSPS) is 18.3. The number of urea groups is 1. The van der Waals surface area contributed by atoms with Crippen molar-refractivity contribution in [2.75, 3.05) is 67.5 Å². The second-order valence-corrected chi connectivity index (χ2v) is 18.3. The van der Waals surface area contributed by atoms with E-state index in [0.29, 0.717) is 68.1 Å². The number of rotatable bonds is 10. The molecule has 0 saturated carbocycles. The highest BCUT2D eigenvalue weighted by atomic mass is 19.1. The summed E-state index contributed by atoms with van der Waals surface area (Å²) in [6.07, 6.45) is 7.01. The molecule has 5 aliphatic heterocycles. The molecule has 2 N–H and O–H groups in total. The molecule has 11 rings (SSSR count). The highest BCUT2D eigenvalue weighted by Gasteiger charge is 2.42. The number of amides is 6. The molecule has 0 radical (unpaired) electrons. The first-order valence-electron chi connectivity index (χ1n) is 23.4. The number of pyridine rings is 1. The summed E-state index contributed by atoms with van der Waals surface area (Å²) in [5, 5.41) is 10.7. The Morgan fingerprint density at radius 1 is 0.868 bits per heavy atom. The lowest BCUT2D eigenvalue weighted by Crippen LogP contribution is -2.51. The van der Waals surface area contributed by atoms with E-state index in [1.165, 1.54) is 21.4 Å². The van der Waals surface area contributed by atoms with Crippen molar-refractivity contribution in [1.82, 2.24) is 44.3 Å². The number of piperazine rings is 1. The van der Waals surface area contributed by atoms with Crippen LogP contribution in [0.5, 0.6) is 0 Å². The number of nitrogens with zero attached hydrogens (tertiary/aromatic N) is 10. The Morgan fingerprint density at radius 3 is 2.44 bits per heavy atom. The smallest absolute Gasteiger partial charge is 0.329 e. The largest absolute Gasteiger partial charge is 0.368 e. The Hall–Kier alpha value is -7.47. The highest BCUT2D eigenvalue weighted by Crippen LogP contribution is 2.39. The maximum absolute atomic E-state index is 16.0. The minimum atomic E-state index is -1.08. The van der Waals surface area contributed by atoms with Gasteiger partial charge < -0.3 is 24.6 Å². The Kier molecular flexibility index (Phi) is 11.2. The van der Waals surface area contributed by atoms with Gasteiger partial charge in [0, 0.05) is 86.8 Å². The maximum atomic E-state index is 16.0. The third-order valence-corrected chi connectivity index (χ3v) is 14.3. The van der Waals surface area contributed by atoms with E-state index in [1.807, 2.05) is 46.8 Å². The van der Waals surface area contributed by atoms with Gasteiger partial charge in [0.15, 0.2) is 11.9 Å². The molecule has 3 saturated heterocycles. The van der Waals surface area contributed by atoms with Crippen LogP contribution in [0.1, 0.15) is 70.5 Å². The number of benzene rings is 3. The number of fused-ring (bicyclic) bond motifs is 3. The number of hydrogen-bond acceptors (Lipinski definition) is 10. The standard InChI is InChI=1S/C50H51FN12O5/c1-57-41-27-33(9-12-36(41)47(56-57)62-20-15-43(64)55-50(62)68)32-13-18-58(19-14-32)29-44(65)60-23-21-59(22-24-60)35-10-7-31(8-11-35)34-25-37-38(39(51)26-34)28-63(49(37)67)46(45-40-5-4-17-61(40)30-53-45)48(66)54-42-6-2-3-16-52-42/h2-3,6-12,16,25-27,30,32,46H,4-5,13-15,17-24,28-29H2,1H3,(H,52,54,66)(H,55,64,68). The molecule has 3 aromatic carbocycles. The molecule has 68 heavy (non-hydrogen) atoms. The van der Waals surface area contributed by atoms with Crippen LogP contribution in [-0.2, 0) is 40.9 Å². The van der Waals surface area contributed by atoms with Gasteiger partial charge in [-0.05, 0) is 110 Å². The fourth-order valence-electron chi connectivity index (χ4n) is 10.6. The lowest BCUT2D eigenvalue weighted by molar-refractivity contribution is -0.133. The van der Waals surface area contributed by atoms with Gasteiger partial charge in [0.2, 0.25) is 11.8 Å². The van der Waals surface area contributed by atoms with Gasteiger partial charge in [-0.1, -0.05) is 24.3 Å². The van der Waals surface area contributed by atoms with Gasteiger partial charge >= 0.3 is 6.03 Å². The van der Waals surface area contributed by atoms with Crippen LogP contribution in [0.15, 0.2) is 85.3 Å². The Balaban J connectivity index is 0.692. The van der Waals surface area contributed by atoms with Crippen LogP contribution in [0.25, 0.3) is 22.0 Å². The van der Waals surface area contributed by atoms with Crippen LogP contribution in [0.2, 0.25) is 0 Å². The van der Waals surface area contributed by atoms with Gasteiger partial charge in [0.25, 0.3) is 11.8 Å². The van der Waals surface area contributed by atoms with E-state index in [-0.39, 0.29) is 35.9 Å². The van der Waals surface area contributed by atoms with E-state index >= 15 is 4.39 Å². The SMILES string of the molecule is Cn1nc(N2CCC(=O)NC2=O)c2ccc(C3CCN(CC(=O)N4CCN(c5ccc(-c6cc(F)c7c(c6)C(=O)N(C(C(=O)Nc6ccccn6)c6ncn8c6CCC8)C7)cc5)CC4)CC3)cc21. The molecule has 17 nitrogen and oxygen atoms in total. The molecule has 0 aliphatic carbocycles. The summed E-state index contributed by atoms with van der Waals surface area (Å²) in [6.45, 7) is 5.60. The van der Waals surface area contributed by atoms with E-state index in [9.17, 15) is 24.0 Å². The summed E-state index contributed by atoms with van der Waals surface area (Å²) in [6, 6.07) is 21.0. The van der Waals surface area contributed by atoms with Crippen LogP contribution >= 0.6 is 0 Å². The molecular weight excluding hydrogens is 868 g/mol. The molecule has 1 atom stereocenters. The number of aryl methyl sites for hydroxylation is 2. The number of carbonyl (C=O) groups excluding carboxylic acids is 5. The molecule has 18 heteroatoms. The summed E-state index contributed by atoms with van der Waals surface area (Å²) in [5.41, 5.74) is 6.33. The van der Waals surface area contributed by atoms with Gasteiger partial charge in [0.05, 0.1) is 30.6 Å². The van der Waals surface area contributed by atoms with Crippen LogP contribution in [0.3, 0.4) is 0 Å². The molecule has 8 heterocycles. The summed E-state index contributed by atoms with van der Waals surface area (Å²) in [4.78, 5) is 84.2. The van der Waals surface area contributed by atoms with Crippen molar-refractivity contribution < 1.29 is 28.4 Å². The molecule has 6 aromatic rings. The number of carbonyl (C=O) groups is 5. The number of nitrogens with one attached hydrogen (secondary N) is 2. The van der Waals surface area contributed by atoms with Crippen molar-refractivity contribution in [3.05, 3.63) is 119 Å². The summed E-state index contributed by atoms with van der Waals surface area (Å²) in [7, 11) is 1.87. The van der Waals surface area contributed by atoms with Crippen LogP contribution < -0.4 is 20.4 Å². The molecule has 6 amide bonds. The lowest BCUT2D eigenvalue weighted by atomic mass is 9.89. The molecule has 5 aliphatic rings. The number of piperidine rings is 1. The first-order valence-corrected chi connectivity index (χ1v) is 23.4. The highest BCUT2D eigenvalue weighted by molar-refractivity contribution is 6.09. The van der Waals surface area contributed by atoms with Crippen molar-refractivity contribution in [3.8, 4) is 11.1 Å². The summed E-state index contributed by atoms with van der Waals surface area (Å²) in [5.74, 6) is -0.308. The number of halogens is 1. The third-order valence-electron chi connectivity index (χ3n) is 14.3. The zero-order chi connectivity index (χ0) is 46.6. The van der Waals surface area contributed by atoms with Crippen LogP contribution in [-0.4, -0.2) is 121 Å². The third kappa shape index (κ3) is 8.01. The zero-order valence-electron chi connectivity index (χ0n) is 37.7. The number of imidazole rings is 1. The number of imide groups is 1. The molecule has 348 valence electrons. The van der Waals surface area contributed by atoms with Crippen molar-refractivity contribution in [1.29, 1.82) is 0 Å². The second-order valence-electron chi connectivity index (χ2n) is 18.3. The maximum Gasteiger partial charge on any atom is 0.329 e. The molecule has 0 spiro atoms. The number of anilines is 3. The van der Waals surface area contributed by atoms with E-state index in [2.05, 4.69) is 47.6 Å². The van der Waals surface area contributed by atoms with Crippen molar-refractivity contribution >= 4 is 57.9 Å². The Labute approximate surface area is 391 Å². The van der Waals surface area contributed by atoms with Gasteiger partial charge in [0.1, 0.15) is 11.6 Å². The number of likely N-dealkylation sites (tertiary alicyclic amines) is 1. The first-order chi connectivity index (χ1) is 33.1. The average Bonchev–Trinajstić information content (AvgIpc) is 4.14. The van der Waals surface area contributed by atoms with E-state index in [0.717, 1.165) is 73.2 Å². The van der Waals surface area contributed by atoms with E-state index in [1.54, 1.807) is 41.5 Å². The summed E-state index contributed by atoms with van der Waals surface area (Å²) < 4.78 is 19.8. The Bertz CT molecular complexity index is 2970. The van der Waals surface area contributed by atoms with Crippen molar-refractivity contribution in [2.24, 2.45) is 7.05 Å². The molecular formula is C50H51FN12O5.